The zero-order chi connectivity index (χ0) is 27.2. The van der Waals surface area contributed by atoms with Gasteiger partial charge in [0.2, 0.25) is 0 Å². The van der Waals surface area contributed by atoms with Crippen LogP contribution in [0.2, 0.25) is 0 Å². The summed E-state index contributed by atoms with van der Waals surface area (Å²) >= 11 is 0. The first-order valence-corrected chi connectivity index (χ1v) is 11.0. The fourth-order valence-corrected chi connectivity index (χ4v) is 4.30. The van der Waals surface area contributed by atoms with E-state index >= 15 is 0 Å². The highest BCUT2D eigenvalue weighted by molar-refractivity contribution is 6.00. The molecule has 4 heterocycles. The van der Waals surface area contributed by atoms with Gasteiger partial charge in [-0.3, -0.25) is 9.55 Å². The number of nitrogens with zero attached hydrogens (tertiary/aromatic N) is 5. The zero-order valence-corrected chi connectivity index (χ0v) is 19.7. The van der Waals surface area contributed by atoms with Crippen LogP contribution in [-0.2, 0) is 0 Å². The molecule has 190 valence electrons. The molecule has 0 aliphatic heterocycles. The van der Waals surface area contributed by atoms with E-state index in [1.807, 2.05) is 0 Å². The summed E-state index contributed by atoms with van der Waals surface area (Å²) in [7, 11) is 0. The lowest BCUT2D eigenvalue weighted by Gasteiger charge is -2.14. The summed E-state index contributed by atoms with van der Waals surface area (Å²) in [6.07, 6.45) is 0.870. The Bertz CT molecular complexity index is 1750. The molecule has 1 aromatic carbocycles. The van der Waals surface area contributed by atoms with Crippen LogP contribution in [0, 0.1) is 25.2 Å². The van der Waals surface area contributed by atoms with Gasteiger partial charge in [0.1, 0.15) is 23.2 Å². The maximum Gasteiger partial charge on any atom is 0.573 e. The lowest BCUT2D eigenvalue weighted by molar-refractivity contribution is -0.274. The van der Waals surface area contributed by atoms with Gasteiger partial charge in [0.15, 0.2) is 0 Å². The highest BCUT2D eigenvalue weighted by Crippen LogP contribution is 2.41. The van der Waals surface area contributed by atoms with Gasteiger partial charge in [-0.25, -0.2) is 9.78 Å². The van der Waals surface area contributed by atoms with Crippen LogP contribution in [0.5, 0.6) is 5.75 Å². The van der Waals surface area contributed by atoms with Gasteiger partial charge < -0.3 is 14.4 Å². The van der Waals surface area contributed by atoms with Gasteiger partial charge >= 0.3 is 12.3 Å². The summed E-state index contributed by atoms with van der Waals surface area (Å²) in [4.78, 5) is 20.1. The van der Waals surface area contributed by atoms with E-state index in [1.165, 1.54) is 41.4 Å². The second-order valence-electron chi connectivity index (χ2n) is 8.28. The molecule has 0 radical (unpaired) electrons. The van der Waals surface area contributed by atoms with Crippen molar-refractivity contribution < 1.29 is 32.3 Å². The average molecular weight is 519 g/mol. The van der Waals surface area contributed by atoms with E-state index in [2.05, 4.69) is 25.9 Å². The number of benzene rings is 1. The SMILES string of the molecule is Cc1noc(C)c1-c1cnc2c(c1)c(-c1ccc(C(=O)O)cc1OC(F)(F)F)cn2-c1cnccc1C#N. The monoisotopic (exact) mass is 519 g/mol. The van der Waals surface area contributed by atoms with Crippen molar-refractivity contribution in [2.45, 2.75) is 20.2 Å². The molecule has 0 bridgehead atoms. The summed E-state index contributed by atoms with van der Waals surface area (Å²) in [5.74, 6) is -1.59. The normalized spacial score (nSPS) is 11.5. The van der Waals surface area contributed by atoms with Crippen molar-refractivity contribution in [3.05, 3.63) is 77.7 Å². The molecule has 1 N–H and O–H groups in total. The van der Waals surface area contributed by atoms with Gasteiger partial charge in [-0.1, -0.05) is 5.16 Å². The number of carboxylic acids is 1. The molecule has 9 nitrogen and oxygen atoms in total. The zero-order valence-electron chi connectivity index (χ0n) is 19.7. The molecule has 0 unspecified atom stereocenters. The number of carboxylic acid groups (broad SMARTS) is 1. The van der Waals surface area contributed by atoms with Crippen molar-refractivity contribution in [3.8, 4) is 39.8 Å². The Morgan fingerprint density at radius 1 is 1.16 bits per heavy atom. The molecule has 0 saturated carbocycles. The molecular formula is C26H16F3N5O4. The smallest absolute Gasteiger partial charge is 0.478 e. The lowest BCUT2D eigenvalue weighted by Crippen LogP contribution is -2.18. The van der Waals surface area contributed by atoms with E-state index in [-0.39, 0.29) is 22.3 Å². The summed E-state index contributed by atoms with van der Waals surface area (Å²) in [6, 6.07) is 8.51. The van der Waals surface area contributed by atoms with Crippen molar-refractivity contribution >= 4 is 17.0 Å². The number of aromatic carboxylic acids is 1. The third kappa shape index (κ3) is 4.30. The number of rotatable bonds is 5. The third-order valence-corrected chi connectivity index (χ3v) is 5.89. The Balaban J connectivity index is 1.84. The summed E-state index contributed by atoms with van der Waals surface area (Å²) in [5.41, 5.74) is 2.63. The Hall–Kier alpha value is -5.18. The molecule has 0 amide bonds. The molecule has 5 rings (SSSR count). The fraction of sp³-hybridized carbons (Fsp3) is 0.115. The molecule has 0 aliphatic carbocycles. The number of carbonyl (C=O) groups is 1. The number of nitriles is 1. The van der Waals surface area contributed by atoms with Crippen LogP contribution >= 0.6 is 0 Å². The first kappa shape index (κ1) is 24.5. The van der Waals surface area contributed by atoms with Gasteiger partial charge in [0.25, 0.3) is 0 Å². The highest BCUT2D eigenvalue weighted by atomic mass is 19.4. The van der Waals surface area contributed by atoms with Crippen LogP contribution in [0.3, 0.4) is 0 Å². The predicted molar refractivity (Wildman–Crippen MR) is 128 cm³/mol. The molecular weight excluding hydrogens is 503 g/mol. The molecule has 0 spiro atoms. The number of aromatic nitrogens is 4. The molecule has 4 aromatic heterocycles. The van der Waals surface area contributed by atoms with Crippen LogP contribution in [0.25, 0.3) is 39.0 Å². The van der Waals surface area contributed by atoms with Gasteiger partial charge in [0, 0.05) is 46.2 Å². The number of alkyl halides is 3. The summed E-state index contributed by atoms with van der Waals surface area (Å²) in [5, 5.41) is 23.3. The topological polar surface area (TPSA) is 127 Å². The Morgan fingerprint density at radius 2 is 1.95 bits per heavy atom. The van der Waals surface area contributed by atoms with Crippen molar-refractivity contribution in [3.63, 3.8) is 0 Å². The summed E-state index contributed by atoms with van der Waals surface area (Å²) in [6.45, 7) is 3.47. The quantitative estimate of drug-likeness (QED) is 0.307. The number of aryl methyl sites for hydroxylation is 2. The molecule has 0 fully saturated rings. The minimum atomic E-state index is -5.08. The Morgan fingerprint density at radius 3 is 2.61 bits per heavy atom. The maximum atomic E-state index is 13.3. The molecule has 0 atom stereocenters. The molecule has 0 saturated heterocycles. The van der Waals surface area contributed by atoms with Crippen LogP contribution in [0.1, 0.15) is 27.4 Å². The van der Waals surface area contributed by atoms with E-state index in [1.54, 1.807) is 26.1 Å². The minimum absolute atomic E-state index is 0.0313. The largest absolute Gasteiger partial charge is 0.573 e. The van der Waals surface area contributed by atoms with Crippen LogP contribution in [-0.4, -0.2) is 37.1 Å². The average Bonchev–Trinajstić information content (AvgIpc) is 3.41. The van der Waals surface area contributed by atoms with Crippen molar-refractivity contribution in [1.82, 2.24) is 19.7 Å². The molecule has 38 heavy (non-hydrogen) atoms. The number of pyridine rings is 2. The van der Waals surface area contributed by atoms with E-state index in [0.29, 0.717) is 39.3 Å². The van der Waals surface area contributed by atoms with Crippen molar-refractivity contribution in [1.29, 1.82) is 5.26 Å². The number of fused-ring (bicyclic) bond motifs is 1. The van der Waals surface area contributed by atoms with E-state index < -0.39 is 18.1 Å². The first-order valence-electron chi connectivity index (χ1n) is 11.0. The second kappa shape index (κ2) is 9.04. The van der Waals surface area contributed by atoms with Gasteiger partial charge in [-0.2, -0.15) is 5.26 Å². The van der Waals surface area contributed by atoms with Crippen molar-refractivity contribution in [2.24, 2.45) is 0 Å². The Kier molecular flexibility index (Phi) is 5.83. The molecule has 5 aromatic rings. The molecule has 0 aliphatic rings. The van der Waals surface area contributed by atoms with Gasteiger partial charge in [-0.05, 0) is 44.2 Å². The maximum absolute atomic E-state index is 13.3. The number of hydrogen-bond donors (Lipinski definition) is 1. The van der Waals surface area contributed by atoms with Crippen LogP contribution in [0.4, 0.5) is 13.2 Å². The predicted octanol–water partition coefficient (Wildman–Crippen LogP) is 5.83. The first-order chi connectivity index (χ1) is 18.1. The van der Waals surface area contributed by atoms with Crippen LogP contribution < -0.4 is 4.74 Å². The minimum Gasteiger partial charge on any atom is -0.478 e. The Labute approximate surface area is 212 Å². The standard InChI is InChI=1S/C26H16F3N5O4/c1-13-23(14(2)38-33-13)17-7-19-20(18-4-3-15(25(35)36)8-22(18)37-26(27,28)29)12-34(24(19)32-10-17)21-11-31-6-5-16(21)9-30/h3-8,10-12H,1-2H3,(H,35,36). The van der Waals surface area contributed by atoms with Crippen LogP contribution in [0.15, 0.2) is 59.6 Å². The highest BCUT2D eigenvalue weighted by Gasteiger charge is 2.33. The van der Waals surface area contributed by atoms with Crippen molar-refractivity contribution in [2.75, 3.05) is 0 Å². The third-order valence-electron chi connectivity index (χ3n) is 5.89. The fourth-order valence-electron chi connectivity index (χ4n) is 4.30. The number of hydrogen-bond acceptors (Lipinski definition) is 7. The number of halogens is 3. The number of ether oxygens (including phenoxy) is 1. The second-order valence-corrected chi connectivity index (χ2v) is 8.28. The van der Waals surface area contributed by atoms with E-state index in [0.717, 1.165) is 6.07 Å². The molecule has 12 heteroatoms. The summed E-state index contributed by atoms with van der Waals surface area (Å²) < 4.78 is 51.1. The van der Waals surface area contributed by atoms with Gasteiger partial charge in [0.05, 0.1) is 28.7 Å². The van der Waals surface area contributed by atoms with E-state index in [9.17, 15) is 28.3 Å². The van der Waals surface area contributed by atoms with Gasteiger partial charge in [-0.15, -0.1) is 13.2 Å². The lowest BCUT2D eigenvalue weighted by atomic mass is 10.00. The van der Waals surface area contributed by atoms with E-state index in [4.69, 9.17) is 4.52 Å².